The molecule has 1 aliphatic rings. The number of benzene rings is 2. The Kier molecular flexibility index (Phi) is 5.15. The van der Waals surface area contributed by atoms with Crippen LogP contribution in [-0.2, 0) is 10.0 Å². The lowest BCUT2D eigenvalue weighted by molar-refractivity contribution is 0.102. The smallest absolute Gasteiger partial charge is 0.257 e. The van der Waals surface area contributed by atoms with Crippen LogP contribution in [0.3, 0.4) is 0 Å². The maximum absolute atomic E-state index is 13.3. The average Bonchev–Trinajstić information content (AvgIpc) is 2.58. The minimum Gasteiger partial charge on any atom is -0.322 e. The molecule has 9 heteroatoms. The van der Waals surface area contributed by atoms with E-state index in [4.69, 9.17) is 11.6 Å². The second kappa shape index (κ2) is 7.20. The van der Waals surface area contributed by atoms with Crippen molar-refractivity contribution < 1.29 is 22.0 Å². The van der Waals surface area contributed by atoms with Crippen molar-refractivity contribution in [2.45, 2.75) is 12.8 Å². The molecule has 1 saturated heterocycles. The summed E-state index contributed by atoms with van der Waals surface area (Å²) in [5.41, 5.74) is 0.431. The molecule has 2 aromatic carbocycles. The standard InChI is InChI=1S/C17H15ClF2N2O3S/c18-14-5-4-12(22-7-1-2-8-26(22,24)25)10-13(14)17(23)21-11-3-6-15(19)16(20)9-11/h3-6,9-10H,1-2,7-8H2,(H,21,23). The lowest BCUT2D eigenvalue weighted by Gasteiger charge is -2.28. The van der Waals surface area contributed by atoms with Crippen LogP contribution in [0.5, 0.6) is 0 Å². The quantitative estimate of drug-likeness (QED) is 0.852. The number of anilines is 2. The van der Waals surface area contributed by atoms with Gasteiger partial charge in [-0.1, -0.05) is 11.6 Å². The highest BCUT2D eigenvalue weighted by atomic mass is 35.5. The summed E-state index contributed by atoms with van der Waals surface area (Å²) in [5.74, 6) is -2.73. The number of nitrogens with one attached hydrogen (secondary N) is 1. The maximum Gasteiger partial charge on any atom is 0.257 e. The summed E-state index contributed by atoms with van der Waals surface area (Å²) >= 11 is 6.06. The highest BCUT2D eigenvalue weighted by molar-refractivity contribution is 7.92. The van der Waals surface area contributed by atoms with Crippen molar-refractivity contribution in [3.8, 4) is 0 Å². The van der Waals surface area contributed by atoms with Crippen LogP contribution in [0.2, 0.25) is 5.02 Å². The zero-order chi connectivity index (χ0) is 18.9. The number of carbonyl (C=O) groups is 1. The highest BCUT2D eigenvalue weighted by Gasteiger charge is 2.27. The van der Waals surface area contributed by atoms with Crippen LogP contribution in [0.15, 0.2) is 36.4 Å². The Bertz CT molecular complexity index is 966. The van der Waals surface area contributed by atoms with E-state index in [1.54, 1.807) is 0 Å². The fourth-order valence-electron chi connectivity index (χ4n) is 2.69. The van der Waals surface area contributed by atoms with Gasteiger partial charge in [-0.25, -0.2) is 17.2 Å². The third kappa shape index (κ3) is 3.81. The van der Waals surface area contributed by atoms with Gasteiger partial charge in [0.25, 0.3) is 5.91 Å². The Balaban J connectivity index is 1.89. The van der Waals surface area contributed by atoms with Gasteiger partial charge >= 0.3 is 0 Å². The molecule has 1 amide bonds. The third-order valence-corrected chi connectivity index (χ3v) is 6.21. The van der Waals surface area contributed by atoms with E-state index in [-0.39, 0.29) is 22.0 Å². The number of halogens is 3. The Morgan fingerprint density at radius 2 is 1.85 bits per heavy atom. The maximum atomic E-state index is 13.3. The molecule has 0 bridgehead atoms. The first kappa shape index (κ1) is 18.6. The van der Waals surface area contributed by atoms with Crippen molar-refractivity contribution in [2.24, 2.45) is 0 Å². The van der Waals surface area contributed by atoms with Crippen LogP contribution in [0, 0.1) is 11.6 Å². The molecule has 0 unspecified atom stereocenters. The van der Waals surface area contributed by atoms with Crippen LogP contribution < -0.4 is 9.62 Å². The van der Waals surface area contributed by atoms with Gasteiger partial charge in [0.1, 0.15) is 0 Å². The molecule has 0 atom stereocenters. The second-order valence-corrected chi connectivity index (χ2v) is 8.26. The number of amides is 1. The number of nitrogens with zero attached hydrogens (tertiary/aromatic N) is 1. The van der Waals surface area contributed by atoms with Crippen molar-refractivity contribution in [1.82, 2.24) is 0 Å². The normalized spacial score (nSPS) is 16.3. The summed E-state index contributed by atoms with van der Waals surface area (Å²) in [6.07, 6.45) is 1.31. The Hall–Kier alpha value is -2.19. The minimum absolute atomic E-state index is 0.0367. The molecule has 1 N–H and O–H groups in total. The Morgan fingerprint density at radius 3 is 2.54 bits per heavy atom. The fourth-order valence-corrected chi connectivity index (χ4v) is 4.53. The van der Waals surface area contributed by atoms with Gasteiger partial charge in [-0.2, -0.15) is 0 Å². The van der Waals surface area contributed by atoms with E-state index in [1.165, 1.54) is 28.6 Å². The first-order valence-corrected chi connectivity index (χ1v) is 9.83. The highest BCUT2D eigenvalue weighted by Crippen LogP contribution is 2.28. The summed E-state index contributed by atoms with van der Waals surface area (Å²) < 4.78 is 52.0. The second-order valence-electron chi connectivity index (χ2n) is 5.84. The fraction of sp³-hybridized carbons (Fsp3) is 0.235. The predicted molar refractivity (Wildman–Crippen MR) is 96.1 cm³/mol. The molecular weight excluding hydrogens is 386 g/mol. The van der Waals surface area contributed by atoms with E-state index in [1.807, 2.05) is 0 Å². The van der Waals surface area contributed by atoms with E-state index >= 15 is 0 Å². The molecule has 0 radical (unpaired) electrons. The summed E-state index contributed by atoms with van der Waals surface area (Å²) in [5, 5.41) is 2.53. The number of hydrogen-bond acceptors (Lipinski definition) is 3. The minimum atomic E-state index is -3.43. The molecule has 0 aromatic heterocycles. The summed E-state index contributed by atoms with van der Waals surface area (Å²) in [7, 11) is -3.43. The number of sulfonamides is 1. The van der Waals surface area contributed by atoms with E-state index in [0.29, 0.717) is 18.7 Å². The lowest BCUT2D eigenvalue weighted by Crippen LogP contribution is -2.38. The van der Waals surface area contributed by atoms with Crippen molar-refractivity contribution >= 4 is 38.9 Å². The molecule has 26 heavy (non-hydrogen) atoms. The molecular formula is C17H15ClF2N2O3S. The van der Waals surface area contributed by atoms with Crippen molar-refractivity contribution in [3.63, 3.8) is 0 Å². The summed E-state index contributed by atoms with van der Waals surface area (Å²) in [6, 6.07) is 7.29. The van der Waals surface area contributed by atoms with Gasteiger partial charge in [-0.3, -0.25) is 9.10 Å². The Morgan fingerprint density at radius 1 is 1.08 bits per heavy atom. The van der Waals surface area contributed by atoms with Gasteiger partial charge in [0.2, 0.25) is 10.0 Å². The van der Waals surface area contributed by atoms with Crippen LogP contribution in [0.1, 0.15) is 23.2 Å². The average molecular weight is 401 g/mol. The largest absolute Gasteiger partial charge is 0.322 e. The zero-order valence-corrected chi connectivity index (χ0v) is 15.1. The van der Waals surface area contributed by atoms with Crippen molar-refractivity contribution in [2.75, 3.05) is 21.9 Å². The molecule has 138 valence electrons. The molecule has 2 aromatic rings. The molecule has 0 aliphatic carbocycles. The first-order valence-electron chi connectivity index (χ1n) is 7.84. The number of hydrogen-bond donors (Lipinski definition) is 1. The van der Waals surface area contributed by atoms with E-state index in [2.05, 4.69) is 5.32 Å². The van der Waals surface area contributed by atoms with E-state index in [9.17, 15) is 22.0 Å². The van der Waals surface area contributed by atoms with E-state index in [0.717, 1.165) is 18.6 Å². The SMILES string of the molecule is O=C(Nc1ccc(F)c(F)c1)c1cc(N2CCCCS2(=O)=O)ccc1Cl. The lowest BCUT2D eigenvalue weighted by atomic mass is 10.1. The zero-order valence-electron chi connectivity index (χ0n) is 13.5. The number of carbonyl (C=O) groups excluding carboxylic acids is 1. The number of rotatable bonds is 3. The molecule has 1 heterocycles. The summed E-state index contributed by atoms with van der Waals surface area (Å²) in [6.45, 7) is 0.328. The summed E-state index contributed by atoms with van der Waals surface area (Å²) in [4.78, 5) is 12.4. The van der Waals surface area contributed by atoms with Crippen LogP contribution in [0.4, 0.5) is 20.2 Å². The first-order chi connectivity index (χ1) is 12.3. The van der Waals surface area contributed by atoms with Crippen molar-refractivity contribution in [1.29, 1.82) is 0 Å². The molecule has 5 nitrogen and oxygen atoms in total. The topological polar surface area (TPSA) is 66.5 Å². The predicted octanol–water partition coefficient (Wildman–Crippen LogP) is 3.80. The van der Waals surface area contributed by atoms with Gasteiger partial charge in [0.15, 0.2) is 11.6 Å². The molecule has 0 spiro atoms. The van der Waals surface area contributed by atoms with Crippen molar-refractivity contribution in [3.05, 3.63) is 58.6 Å². The Labute approximate surface area is 154 Å². The van der Waals surface area contributed by atoms with Gasteiger partial charge in [0.05, 0.1) is 22.0 Å². The molecule has 3 rings (SSSR count). The monoisotopic (exact) mass is 400 g/mol. The molecule has 1 aliphatic heterocycles. The van der Waals surface area contributed by atoms with Crippen LogP contribution >= 0.6 is 11.6 Å². The van der Waals surface area contributed by atoms with Gasteiger partial charge in [-0.15, -0.1) is 0 Å². The third-order valence-electron chi connectivity index (χ3n) is 4.01. The molecule has 0 saturated carbocycles. The van der Waals surface area contributed by atoms with Gasteiger partial charge in [0, 0.05) is 18.3 Å². The van der Waals surface area contributed by atoms with Crippen LogP contribution in [-0.4, -0.2) is 26.6 Å². The molecule has 1 fully saturated rings. The van der Waals surface area contributed by atoms with Gasteiger partial charge in [-0.05, 0) is 43.2 Å². The van der Waals surface area contributed by atoms with Crippen LogP contribution in [0.25, 0.3) is 0 Å². The van der Waals surface area contributed by atoms with E-state index < -0.39 is 27.6 Å². The van der Waals surface area contributed by atoms with Gasteiger partial charge < -0.3 is 5.32 Å².